The molecule has 25 heavy (non-hydrogen) atoms. The molecule has 0 heterocycles. The van der Waals surface area contributed by atoms with Crippen molar-refractivity contribution in [2.45, 2.75) is 6.10 Å². The number of hydrogen-bond donors (Lipinski definition) is 0. The van der Waals surface area contributed by atoms with Gasteiger partial charge in [-0.1, -0.05) is 12.1 Å². The van der Waals surface area contributed by atoms with Crippen LogP contribution in [-0.4, -0.2) is 40.7 Å². The largest absolute Gasteiger partial charge is 0.468 e. The smallest absolute Gasteiger partial charge is 0.196 e. The van der Waals surface area contributed by atoms with Crippen LogP contribution in [-0.2, 0) is 14.2 Å². The van der Waals surface area contributed by atoms with E-state index in [0.29, 0.717) is 17.1 Å². The highest BCUT2D eigenvalue weighted by molar-refractivity contribution is 6.00. The summed E-state index contributed by atoms with van der Waals surface area (Å²) < 4.78 is 25.8. The maximum Gasteiger partial charge on any atom is 0.196 e. The van der Waals surface area contributed by atoms with Crippen molar-refractivity contribution >= 4 is 5.78 Å². The van der Waals surface area contributed by atoms with Gasteiger partial charge in [-0.25, -0.2) is 0 Å². The first kappa shape index (κ1) is 18.9. The third kappa shape index (κ3) is 5.29. The van der Waals surface area contributed by atoms with E-state index >= 15 is 0 Å². The molecule has 0 aliphatic heterocycles. The summed E-state index contributed by atoms with van der Waals surface area (Å²) in [6, 6.07) is 14.0. The molecule has 0 saturated heterocycles. The second-order valence-electron chi connectivity index (χ2n) is 5.18. The molecule has 0 spiro atoms. The molecule has 0 saturated carbocycles. The van der Waals surface area contributed by atoms with Gasteiger partial charge in [0.2, 0.25) is 0 Å². The Labute approximate surface area is 147 Å². The number of ketones is 1. The predicted molar refractivity (Wildman–Crippen MR) is 92.0 cm³/mol. The number of Topliss-reactive ketones (excluding diaryl/α,β-unsaturated/α-hetero) is 1. The van der Waals surface area contributed by atoms with Crippen LogP contribution in [0.25, 0.3) is 0 Å². The van der Waals surface area contributed by atoms with E-state index in [2.05, 4.69) is 0 Å². The third-order valence-electron chi connectivity index (χ3n) is 3.48. The summed E-state index contributed by atoms with van der Waals surface area (Å²) in [6.45, 7) is 0.328. The van der Waals surface area contributed by atoms with Crippen molar-refractivity contribution in [3.63, 3.8) is 0 Å². The fourth-order valence-electron chi connectivity index (χ4n) is 2.25. The van der Waals surface area contributed by atoms with Gasteiger partial charge in [0.1, 0.15) is 17.6 Å². The highest BCUT2D eigenvalue weighted by atomic mass is 16.7. The Morgan fingerprint density at radius 1 is 0.800 bits per heavy atom. The Bertz CT molecular complexity index is 651. The van der Waals surface area contributed by atoms with E-state index in [1.807, 2.05) is 0 Å². The van der Waals surface area contributed by atoms with Crippen molar-refractivity contribution < 1.29 is 28.5 Å². The van der Waals surface area contributed by atoms with Crippen molar-refractivity contribution in [3.05, 3.63) is 59.7 Å². The van der Waals surface area contributed by atoms with Gasteiger partial charge in [-0.05, 0) is 42.0 Å². The highest BCUT2D eigenvalue weighted by Crippen LogP contribution is 2.25. The van der Waals surface area contributed by atoms with Gasteiger partial charge in [-0.15, -0.1) is 0 Å². The zero-order valence-electron chi connectivity index (χ0n) is 14.6. The van der Waals surface area contributed by atoms with Crippen LogP contribution in [0.2, 0.25) is 0 Å². The monoisotopic (exact) mass is 346 g/mol. The van der Waals surface area contributed by atoms with Crippen molar-refractivity contribution in [1.82, 2.24) is 0 Å². The molecule has 0 amide bonds. The number of methoxy groups -OCH3 is 3. The van der Waals surface area contributed by atoms with Crippen molar-refractivity contribution in [2.75, 3.05) is 34.9 Å². The topological polar surface area (TPSA) is 63.2 Å². The molecule has 2 aromatic rings. The highest BCUT2D eigenvalue weighted by Gasteiger charge is 2.21. The van der Waals surface area contributed by atoms with Crippen LogP contribution in [0.4, 0.5) is 0 Å². The molecular weight excluding hydrogens is 324 g/mol. The maximum atomic E-state index is 12.7. The number of carbonyl (C=O) groups is 1. The van der Waals surface area contributed by atoms with E-state index < -0.39 is 6.10 Å². The van der Waals surface area contributed by atoms with Gasteiger partial charge < -0.3 is 23.7 Å². The Morgan fingerprint density at radius 2 is 1.28 bits per heavy atom. The molecule has 0 N–H and O–H groups in total. The molecule has 0 aliphatic carbocycles. The molecule has 6 heteroatoms. The van der Waals surface area contributed by atoms with Crippen molar-refractivity contribution in [1.29, 1.82) is 0 Å². The number of hydrogen-bond acceptors (Lipinski definition) is 6. The summed E-state index contributed by atoms with van der Waals surface area (Å²) in [7, 11) is 4.61. The van der Waals surface area contributed by atoms with E-state index in [-0.39, 0.29) is 19.4 Å². The summed E-state index contributed by atoms with van der Waals surface area (Å²) >= 11 is 0. The Kier molecular flexibility index (Phi) is 7.40. The summed E-state index contributed by atoms with van der Waals surface area (Å²) in [5.41, 5.74) is 1.29. The normalized spacial score (nSPS) is 11.8. The number of carbonyl (C=O) groups excluding carboxylic acids is 1. The second-order valence-corrected chi connectivity index (χ2v) is 5.18. The van der Waals surface area contributed by atoms with Crippen LogP contribution >= 0.6 is 0 Å². The lowest BCUT2D eigenvalue weighted by atomic mass is 9.99. The number of benzene rings is 2. The van der Waals surface area contributed by atoms with Gasteiger partial charge in [-0.2, -0.15) is 0 Å². The van der Waals surface area contributed by atoms with Gasteiger partial charge >= 0.3 is 0 Å². The summed E-state index contributed by atoms with van der Waals surface area (Å²) in [5.74, 6) is 1.16. The molecule has 0 bridgehead atoms. The standard InChI is InChI=1S/C19H22O6/c1-21-12-24-16-8-4-14(5-9-16)18(20)19(23-3)15-6-10-17(11-7-15)25-13-22-2/h4-11,19H,12-13H2,1-3H3. The van der Waals surface area contributed by atoms with Crippen molar-refractivity contribution in [2.24, 2.45) is 0 Å². The van der Waals surface area contributed by atoms with E-state index in [9.17, 15) is 4.79 Å². The quantitative estimate of drug-likeness (QED) is 0.486. The van der Waals surface area contributed by atoms with Crippen LogP contribution in [0.1, 0.15) is 22.0 Å². The van der Waals surface area contributed by atoms with Gasteiger partial charge in [0.15, 0.2) is 19.4 Å². The van der Waals surface area contributed by atoms with Crippen LogP contribution in [0.3, 0.4) is 0 Å². The number of rotatable bonds is 10. The Balaban J connectivity index is 2.09. The third-order valence-corrected chi connectivity index (χ3v) is 3.48. The average molecular weight is 346 g/mol. The molecule has 1 atom stereocenters. The van der Waals surface area contributed by atoms with Gasteiger partial charge in [-0.3, -0.25) is 4.79 Å². The fraction of sp³-hybridized carbons (Fsp3) is 0.316. The van der Waals surface area contributed by atoms with Crippen LogP contribution < -0.4 is 9.47 Å². The lowest BCUT2D eigenvalue weighted by Gasteiger charge is -2.15. The summed E-state index contributed by atoms with van der Waals surface area (Å²) in [5, 5.41) is 0. The van der Waals surface area contributed by atoms with E-state index in [1.165, 1.54) is 7.11 Å². The second kappa shape index (κ2) is 9.78. The lowest BCUT2D eigenvalue weighted by molar-refractivity contribution is 0.0506. The van der Waals surface area contributed by atoms with Crippen LogP contribution in [0.15, 0.2) is 48.5 Å². The molecule has 6 nitrogen and oxygen atoms in total. The first-order valence-electron chi connectivity index (χ1n) is 7.70. The fourth-order valence-corrected chi connectivity index (χ4v) is 2.25. The minimum atomic E-state index is -0.692. The molecule has 0 aliphatic rings. The van der Waals surface area contributed by atoms with E-state index in [1.54, 1.807) is 62.8 Å². The van der Waals surface area contributed by atoms with Gasteiger partial charge in [0, 0.05) is 26.9 Å². The molecular formula is C19H22O6. The first-order chi connectivity index (χ1) is 12.2. The Hall–Kier alpha value is -2.41. The molecule has 0 aromatic heterocycles. The molecule has 134 valence electrons. The van der Waals surface area contributed by atoms with Crippen molar-refractivity contribution in [3.8, 4) is 11.5 Å². The molecule has 2 aromatic carbocycles. The van der Waals surface area contributed by atoms with Gasteiger partial charge in [0.25, 0.3) is 0 Å². The van der Waals surface area contributed by atoms with E-state index in [4.69, 9.17) is 23.7 Å². The SMILES string of the molecule is COCOc1ccc(C(=O)C(OC)c2ccc(OCOC)cc2)cc1. The lowest BCUT2D eigenvalue weighted by Crippen LogP contribution is -2.15. The van der Waals surface area contributed by atoms with E-state index in [0.717, 1.165) is 5.56 Å². The van der Waals surface area contributed by atoms with Crippen LogP contribution in [0, 0.1) is 0 Å². The first-order valence-corrected chi connectivity index (χ1v) is 7.70. The Morgan fingerprint density at radius 3 is 1.72 bits per heavy atom. The van der Waals surface area contributed by atoms with Crippen LogP contribution in [0.5, 0.6) is 11.5 Å². The molecule has 2 rings (SSSR count). The minimum Gasteiger partial charge on any atom is -0.468 e. The predicted octanol–water partition coefficient (Wildman–Crippen LogP) is 3.22. The maximum absolute atomic E-state index is 12.7. The average Bonchev–Trinajstić information content (AvgIpc) is 2.66. The molecule has 0 fully saturated rings. The summed E-state index contributed by atoms with van der Waals surface area (Å²) in [6.07, 6.45) is -0.692. The van der Waals surface area contributed by atoms with Gasteiger partial charge in [0.05, 0.1) is 0 Å². The minimum absolute atomic E-state index is 0.133. The molecule has 0 radical (unpaired) electrons. The number of ether oxygens (including phenoxy) is 5. The summed E-state index contributed by atoms with van der Waals surface area (Å²) in [4.78, 5) is 12.7. The zero-order valence-corrected chi connectivity index (χ0v) is 14.6. The molecule has 1 unspecified atom stereocenters. The zero-order chi connectivity index (χ0) is 18.1.